The van der Waals surface area contributed by atoms with Gasteiger partial charge in [-0.3, -0.25) is 5.43 Å². The van der Waals surface area contributed by atoms with Gasteiger partial charge in [-0.1, -0.05) is 0 Å². The summed E-state index contributed by atoms with van der Waals surface area (Å²) in [5.41, 5.74) is 4.04. The van der Waals surface area contributed by atoms with E-state index in [4.69, 9.17) is 0 Å². The molecule has 2 aromatic rings. The van der Waals surface area contributed by atoms with Crippen LogP contribution < -0.4 is 5.43 Å². The van der Waals surface area contributed by atoms with Gasteiger partial charge in [0.25, 0.3) is 0 Å². The summed E-state index contributed by atoms with van der Waals surface area (Å²) in [6.45, 7) is 0. The lowest BCUT2D eigenvalue weighted by atomic mass is 10.5. The third kappa shape index (κ3) is 2.09. The molecular weight excluding hydrogens is 216 g/mol. The fourth-order valence-corrected chi connectivity index (χ4v) is 2.41. The lowest BCUT2D eigenvalue weighted by Crippen LogP contribution is -2.19. The zero-order chi connectivity index (χ0) is 9.97. The van der Waals surface area contributed by atoms with Crippen molar-refractivity contribution in [1.82, 2.24) is 15.0 Å². The second kappa shape index (κ2) is 4.04. The number of nitrogens with one attached hydrogen (secondary N) is 1. The highest BCUT2D eigenvalue weighted by Gasteiger charge is 2.06. The lowest BCUT2D eigenvalue weighted by molar-refractivity contribution is 0.495. The molecule has 0 fully saturated rings. The van der Waals surface area contributed by atoms with Gasteiger partial charge in [-0.25, -0.2) is 15.0 Å². The highest BCUT2D eigenvalue weighted by Crippen LogP contribution is 2.26. The molecule has 0 bridgehead atoms. The zero-order valence-electron chi connectivity index (χ0n) is 7.89. The van der Waals surface area contributed by atoms with Crippen molar-refractivity contribution in [1.29, 1.82) is 0 Å². The average molecular weight is 226 g/mol. The minimum atomic E-state index is 0.889. The van der Waals surface area contributed by atoms with Crippen LogP contribution >= 0.6 is 22.7 Å². The van der Waals surface area contributed by atoms with Crippen LogP contribution in [-0.4, -0.2) is 29.1 Å². The van der Waals surface area contributed by atoms with Gasteiger partial charge >= 0.3 is 0 Å². The maximum Gasteiger partial charge on any atom is 0.198 e. The smallest absolute Gasteiger partial charge is 0.198 e. The number of hydrazine groups is 1. The van der Waals surface area contributed by atoms with E-state index in [1.54, 1.807) is 28.9 Å². The van der Waals surface area contributed by atoms with E-state index in [9.17, 15) is 0 Å². The van der Waals surface area contributed by atoms with E-state index in [1.807, 2.05) is 29.9 Å². The Morgan fingerprint density at radius 3 is 2.86 bits per heavy atom. The fraction of sp³-hybridized carbons (Fsp3) is 0.250. The Hall–Kier alpha value is -0.980. The summed E-state index contributed by atoms with van der Waals surface area (Å²) in [5.74, 6) is 0. The monoisotopic (exact) mass is 226 g/mol. The molecule has 6 heteroatoms. The van der Waals surface area contributed by atoms with Crippen molar-refractivity contribution in [3.05, 3.63) is 17.0 Å². The number of nitrogens with zero attached hydrogens (tertiary/aromatic N) is 3. The molecule has 0 aliphatic carbocycles. The normalized spacial score (nSPS) is 10.8. The Morgan fingerprint density at radius 2 is 2.21 bits per heavy atom. The van der Waals surface area contributed by atoms with Crippen molar-refractivity contribution >= 4 is 27.8 Å². The summed E-state index contributed by atoms with van der Waals surface area (Å²) in [7, 11) is 3.87. The van der Waals surface area contributed by atoms with Crippen LogP contribution in [0.5, 0.6) is 0 Å². The molecule has 0 saturated heterocycles. The predicted octanol–water partition coefficient (Wildman–Crippen LogP) is 2.16. The molecule has 0 unspecified atom stereocenters. The number of thiazole rings is 2. The van der Waals surface area contributed by atoms with Crippen molar-refractivity contribution in [3.8, 4) is 10.7 Å². The van der Waals surface area contributed by atoms with Gasteiger partial charge in [0.2, 0.25) is 0 Å². The first kappa shape index (κ1) is 9.57. The van der Waals surface area contributed by atoms with Gasteiger partial charge in [-0.15, -0.1) is 22.7 Å². The second-order valence-corrected chi connectivity index (χ2v) is 4.63. The van der Waals surface area contributed by atoms with E-state index >= 15 is 0 Å². The quantitative estimate of drug-likeness (QED) is 0.814. The van der Waals surface area contributed by atoms with Gasteiger partial charge in [-0.2, -0.15) is 0 Å². The first-order chi connectivity index (χ1) is 6.75. The molecule has 4 nitrogen and oxygen atoms in total. The average Bonchev–Trinajstić information content (AvgIpc) is 2.69. The van der Waals surface area contributed by atoms with E-state index in [2.05, 4.69) is 15.4 Å². The first-order valence-corrected chi connectivity index (χ1v) is 5.81. The van der Waals surface area contributed by atoms with Gasteiger partial charge in [-0.05, 0) is 0 Å². The summed E-state index contributed by atoms with van der Waals surface area (Å²) >= 11 is 3.18. The van der Waals surface area contributed by atoms with Crippen LogP contribution in [0, 0.1) is 0 Å². The van der Waals surface area contributed by atoms with Gasteiger partial charge in [0, 0.05) is 31.1 Å². The molecule has 14 heavy (non-hydrogen) atoms. The number of aromatic nitrogens is 2. The molecule has 2 heterocycles. The van der Waals surface area contributed by atoms with Crippen LogP contribution in [0.4, 0.5) is 5.13 Å². The van der Waals surface area contributed by atoms with Crippen LogP contribution in [0.25, 0.3) is 10.7 Å². The highest BCUT2D eigenvalue weighted by atomic mass is 32.1. The summed E-state index contributed by atoms with van der Waals surface area (Å²) in [5, 5.41) is 7.68. The largest absolute Gasteiger partial charge is 0.295 e. The minimum absolute atomic E-state index is 0.889. The van der Waals surface area contributed by atoms with Gasteiger partial charge in [0.15, 0.2) is 5.13 Å². The Bertz CT molecular complexity index is 393. The molecule has 0 spiro atoms. The van der Waals surface area contributed by atoms with E-state index < -0.39 is 0 Å². The van der Waals surface area contributed by atoms with Crippen LogP contribution in [0.15, 0.2) is 17.0 Å². The third-order valence-corrected chi connectivity index (χ3v) is 3.02. The Kier molecular flexibility index (Phi) is 2.76. The van der Waals surface area contributed by atoms with E-state index in [-0.39, 0.29) is 0 Å². The van der Waals surface area contributed by atoms with Crippen molar-refractivity contribution in [2.75, 3.05) is 19.5 Å². The Morgan fingerprint density at radius 1 is 1.36 bits per heavy atom. The van der Waals surface area contributed by atoms with Gasteiger partial charge < -0.3 is 0 Å². The topological polar surface area (TPSA) is 41.0 Å². The van der Waals surface area contributed by atoms with Gasteiger partial charge in [0.1, 0.15) is 10.7 Å². The zero-order valence-corrected chi connectivity index (χ0v) is 9.52. The Balaban J connectivity index is 2.18. The minimum Gasteiger partial charge on any atom is -0.295 e. The third-order valence-electron chi connectivity index (χ3n) is 1.47. The van der Waals surface area contributed by atoms with Crippen molar-refractivity contribution in [2.24, 2.45) is 0 Å². The Labute approximate surface area is 90.2 Å². The molecule has 0 aliphatic rings. The summed E-state index contributed by atoms with van der Waals surface area (Å²) < 4.78 is 0. The molecule has 74 valence electrons. The maximum atomic E-state index is 4.41. The number of hydrogen-bond acceptors (Lipinski definition) is 6. The SMILES string of the molecule is CN(C)Nc1nc(-c2nccs2)cs1. The molecule has 0 aromatic carbocycles. The van der Waals surface area contributed by atoms with E-state index in [0.29, 0.717) is 0 Å². The molecule has 0 aliphatic heterocycles. The highest BCUT2D eigenvalue weighted by molar-refractivity contribution is 7.15. The van der Waals surface area contributed by atoms with Crippen LogP contribution in [0.1, 0.15) is 0 Å². The van der Waals surface area contributed by atoms with Crippen LogP contribution in [-0.2, 0) is 0 Å². The van der Waals surface area contributed by atoms with Crippen LogP contribution in [0.3, 0.4) is 0 Å². The summed E-state index contributed by atoms with van der Waals surface area (Å²) in [6.07, 6.45) is 1.79. The van der Waals surface area contributed by atoms with E-state index in [0.717, 1.165) is 15.8 Å². The molecule has 0 amide bonds. The molecule has 0 saturated carbocycles. The molecule has 2 aromatic heterocycles. The summed E-state index contributed by atoms with van der Waals surface area (Å²) in [6, 6.07) is 0. The van der Waals surface area contributed by atoms with Crippen molar-refractivity contribution < 1.29 is 0 Å². The first-order valence-electron chi connectivity index (χ1n) is 4.05. The van der Waals surface area contributed by atoms with E-state index in [1.165, 1.54) is 0 Å². The van der Waals surface area contributed by atoms with Crippen molar-refractivity contribution in [2.45, 2.75) is 0 Å². The number of rotatable bonds is 3. The molecular formula is C8H10N4S2. The van der Waals surface area contributed by atoms with Crippen molar-refractivity contribution in [3.63, 3.8) is 0 Å². The predicted molar refractivity (Wildman–Crippen MR) is 60.5 cm³/mol. The number of hydrogen-bond donors (Lipinski definition) is 1. The lowest BCUT2D eigenvalue weighted by Gasteiger charge is -2.08. The second-order valence-electron chi connectivity index (χ2n) is 2.88. The maximum absolute atomic E-state index is 4.41. The molecule has 0 radical (unpaired) electrons. The number of anilines is 1. The summed E-state index contributed by atoms with van der Waals surface area (Å²) in [4.78, 5) is 8.61. The molecule has 1 N–H and O–H groups in total. The van der Waals surface area contributed by atoms with Gasteiger partial charge in [0.05, 0.1) is 0 Å². The molecule has 0 atom stereocenters. The van der Waals surface area contributed by atoms with Crippen LogP contribution in [0.2, 0.25) is 0 Å². The fourth-order valence-electron chi connectivity index (χ4n) is 0.965. The molecule has 2 rings (SSSR count). The standard InChI is InChI=1S/C8H10N4S2/c1-12(2)11-8-10-6(5-14-8)7-9-3-4-13-7/h3-5H,1-2H3,(H,10,11).